The number of rotatable bonds is 5. The third kappa shape index (κ3) is 4.02. The van der Waals surface area contributed by atoms with Gasteiger partial charge in [0, 0.05) is 50.2 Å². The molecular formula is C19H29N5O. The minimum absolute atomic E-state index is 0.0577. The van der Waals surface area contributed by atoms with Crippen LogP contribution in [0.3, 0.4) is 0 Å². The number of hydrogen-bond acceptors (Lipinski definition) is 5. The average Bonchev–Trinajstić information content (AvgIpc) is 3.39. The van der Waals surface area contributed by atoms with Crippen LogP contribution in [-0.4, -0.2) is 47.0 Å². The molecule has 2 saturated heterocycles. The Labute approximate surface area is 149 Å². The number of hydrazine groups is 1. The van der Waals surface area contributed by atoms with Crippen molar-refractivity contribution < 1.29 is 4.79 Å². The highest BCUT2D eigenvalue weighted by Gasteiger charge is 2.46. The molecule has 4 rings (SSSR count). The van der Waals surface area contributed by atoms with Crippen molar-refractivity contribution in [2.24, 2.45) is 11.8 Å². The molecule has 0 bridgehead atoms. The molecular weight excluding hydrogens is 314 g/mol. The SMILES string of the molecule is CC1NNC(C2CC2)C1C(=O)NC1CCN(Cc2ccncc2)CC1. The van der Waals surface area contributed by atoms with E-state index in [0.717, 1.165) is 32.5 Å². The van der Waals surface area contributed by atoms with E-state index in [9.17, 15) is 4.79 Å². The molecule has 6 heteroatoms. The Bertz CT molecular complexity index is 583. The molecule has 1 aromatic rings. The van der Waals surface area contributed by atoms with Crippen molar-refractivity contribution in [1.82, 2.24) is 26.1 Å². The van der Waals surface area contributed by atoms with Crippen molar-refractivity contribution in [3.05, 3.63) is 30.1 Å². The second-order valence-corrected chi connectivity index (χ2v) is 7.88. The molecule has 3 heterocycles. The van der Waals surface area contributed by atoms with Crippen LogP contribution in [0.4, 0.5) is 0 Å². The lowest BCUT2D eigenvalue weighted by molar-refractivity contribution is -0.126. The van der Waals surface area contributed by atoms with Crippen LogP contribution in [0.2, 0.25) is 0 Å². The lowest BCUT2D eigenvalue weighted by Gasteiger charge is -2.33. The van der Waals surface area contributed by atoms with Crippen LogP contribution in [0, 0.1) is 11.8 Å². The molecule has 3 fully saturated rings. The maximum atomic E-state index is 12.8. The summed E-state index contributed by atoms with van der Waals surface area (Å²) >= 11 is 0. The van der Waals surface area contributed by atoms with E-state index in [1.807, 2.05) is 12.4 Å². The number of hydrogen-bond donors (Lipinski definition) is 3. The molecule has 25 heavy (non-hydrogen) atoms. The number of pyridine rings is 1. The minimum Gasteiger partial charge on any atom is -0.353 e. The molecule has 3 atom stereocenters. The molecule has 0 radical (unpaired) electrons. The van der Waals surface area contributed by atoms with Gasteiger partial charge in [0.05, 0.1) is 5.92 Å². The molecule has 3 unspecified atom stereocenters. The molecule has 1 saturated carbocycles. The van der Waals surface area contributed by atoms with Gasteiger partial charge in [-0.3, -0.25) is 25.5 Å². The molecule has 6 nitrogen and oxygen atoms in total. The van der Waals surface area contributed by atoms with Crippen LogP contribution in [0.25, 0.3) is 0 Å². The maximum absolute atomic E-state index is 12.8. The summed E-state index contributed by atoms with van der Waals surface area (Å²) in [4.78, 5) is 19.4. The molecule has 0 aromatic carbocycles. The maximum Gasteiger partial charge on any atom is 0.226 e. The van der Waals surface area contributed by atoms with E-state index < -0.39 is 0 Å². The van der Waals surface area contributed by atoms with Crippen molar-refractivity contribution >= 4 is 5.91 Å². The van der Waals surface area contributed by atoms with Crippen molar-refractivity contribution in [2.75, 3.05) is 13.1 Å². The Kier molecular flexibility index (Phi) is 5.01. The largest absolute Gasteiger partial charge is 0.353 e. The number of nitrogens with one attached hydrogen (secondary N) is 3. The molecule has 3 N–H and O–H groups in total. The van der Waals surface area contributed by atoms with Gasteiger partial charge in [0.15, 0.2) is 0 Å². The van der Waals surface area contributed by atoms with Crippen LogP contribution >= 0.6 is 0 Å². The van der Waals surface area contributed by atoms with Gasteiger partial charge in [-0.2, -0.15) is 0 Å². The van der Waals surface area contributed by atoms with E-state index in [1.165, 1.54) is 18.4 Å². The van der Waals surface area contributed by atoms with E-state index in [1.54, 1.807) is 0 Å². The van der Waals surface area contributed by atoms with Gasteiger partial charge in [0.1, 0.15) is 0 Å². The Morgan fingerprint density at radius 2 is 1.92 bits per heavy atom. The molecule has 2 aliphatic heterocycles. The first-order valence-electron chi connectivity index (χ1n) is 9.63. The lowest BCUT2D eigenvalue weighted by atomic mass is 9.90. The van der Waals surface area contributed by atoms with E-state index >= 15 is 0 Å². The summed E-state index contributed by atoms with van der Waals surface area (Å²) in [5.41, 5.74) is 7.92. The highest BCUT2D eigenvalue weighted by molar-refractivity contribution is 5.81. The summed E-state index contributed by atoms with van der Waals surface area (Å²) < 4.78 is 0. The molecule has 0 spiro atoms. The highest BCUT2D eigenvalue weighted by atomic mass is 16.2. The Morgan fingerprint density at radius 3 is 2.60 bits per heavy atom. The van der Waals surface area contributed by atoms with Crippen molar-refractivity contribution in [1.29, 1.82) is 0 Å². The van der Waals surface area contributed by atoms with Gasteiger partial charge < -0.3 is 5.32 Å². The normalized spacial score (nSPS) is 31.2. The first kappa shape index (κ1) is 16.9. The topological polar surface area (TPSA) is 69.3 Å². The molecule has 1 aromatic heterocycles. The third-order valence-electron chi connectivity index (χ3n) is 5.93. The predicted octanol–water partition coefficient (Wildman–Crippen LogP) is 1.05. The smallest absolute Gasteiger partial charge is 0.226 e. The Morgan fingerprint density at radius 1 is 1.20 bits per heavy atom. The summed E-state index contributed by atoms with van der Waals surface area (Å²) in [7, 11) is 0. The van der Waals surface area contributed by atoms with Gasteiger partial charge in [0.25, 0.3) is 0 Å². The minimum atomic E-state index is 0.0577. The summed E-state index contributed by atoms with van der Waals surface area (Å²) in [5, 5.41) is 3.33. The van der Waals surface area contributed by atoms with E-state index in [-0.39, 0.29) is 17.9 Å². The first-order chi connectivity index (χ1) is 12.2. The van der Waals surface area contributed by atoms with Crippen molar-refractivity contribution in [2.45, 2.75) is 57.3 Å². The zero-order chi connectivity index (χ0) is 17.2. The van der Waals surface area contributed by atoms with Gasteiger partial charge in [-0.1, -0.05) is 0 Å². The van der Waals surface area contributed by atoms with Gasteiger partial charge in [-0.05, 0) is 56.2 Å². The van der Waals surface area contributed by atoms with Crippen LogP contribution < -0.4 is 16.2 Å². The van der Waals surface area contributed by atoms with Gasteiger partial charge >= 0.3 is 0 Å². The molecule has 136 valence electrons. The molecule has 3 aliphatic rings. The third-order valence-corrected chi connectivity index (χ3v) is 5.93. The number of likely N-dealkylation sites (tertiary alicyclic amines) is 1. The monoisotopic (exact) mass is 343 g/mol. The summed E-state index contributed by atoms with van der Waals surface area (Å²) in [6, 6.07) is 4.98. The van der Waals surface area contributed by atoms with Gasteiger partial charge in [0.2, 0.25) is 5.91 Å². The second-order valence-electron chi connectivity index (χ2n) is 7.88. The number of aromatic nitrogens is 1. The quantitative estimate of drug-likeness (QED) is 0.746. The number of nitrogens with zero attached hydrogens (tertiary/aromatic N) is 2. The number of amides is 1. The fourth-order valence-electron chi connectivity index (χ4n) is 4.25. The summed E-state index contributed by atoms with van der Waals surface area (Å²) in [6.45, 7) is 5.16. The van der Waals surface area contributed by atoms with Crippen LogP contribution in [-0.2, 0) is 11.3 Å². The van der Waals surface area contributed by atoms with Crippen molar-refractivity contribution in [3.63, 3.8) is 0 Å². The van der Waals surface area contributed by atoms with E-state index in [0.29, 0.717) is 18.0 Å². The fourth-order valence-corrected chi connectivity index (χ4v) is 4.25. The second kappa shape index (κ2) is 7.40. The van der Waals surface area contributed by atoms with E-state index in [4.69, 9.17) is 0 Å². The predicted molar refractivity (Wildman–Crippen MR) is 96.4 cm³/mol. The molecule has 1 aliphatic carbocycles. The van der Waals surface area contributed by atoms with Crippen LogP contribution in [0.1, 0.15) is 38.2 Å². The number of piperidine rings is 1. The zero-order valence-electron chi connectivity index (χ0n) is 14.9. The Hall–Kier alpha value is -1.50. The van der Waals surface area contributed by atoms with Crippen molar-refractivity contribution in [3.8, 4) is 0 Å². The number of carbonyl (C=O) groups excluding carboxylic acids is 1. The lowest BCUT2D eigenvalue weighted by Crippen LogP contribution is -2.49. The number of carbonyl (C=O) groups is 1. The Balaban J connectivity index is 1.26. The van der Waals surface area contributed by atoms with Gasteiger partial charge in [-0.15, -0.1) is 0 Å². The first-order valence-corrected chi connectivity index (χ1v) is 9.63. The van der Waals surface area contributed by atoms with E-state index in [2.05, 4.69) is 45.1 Å². The van der Waals surface area contributed by atoms with Gasteiger partial charge in [-0.25, -0.2) is 0 Å². The summed E-state index contributed by atoms with van der Waals surface area (Å²) in [5.74, 6) is 0.965. The average molecular weight is 343 g/mol. The van der Waals surface area contributed by atoms with Crippen LogP contribution in [0.15, 0.2) is 24.5 Å². The standard InChI is InChI=1S/C19H29N5O/c1-13-17(18(23-22-13)15-2-3-15)19(25)21-16-6-10-24(11-7-16)12-14-4-8-20-9-5-14/h4-5,8-9,13,15-18,22-23H,2-3,6-7,10-12H2,1H3,(H,21,25). The fraction of sp³-hybridized carbons (Fsp3) is 0.684. The summed E-state index contributed by atoms with van der Waals surface area (Å²) in [6.07, 6.45) is 8.28. The zero-order valence-corrected chi connectivity index (χ0v) is 14.9. The molecule has 1 amide bonds. The van der Waals surface area contributed by atoms with Crippen LogP contribution in [0.5, 0.6) is 0 Å². The highest BCUT2D eigenvalue weighted by Crippen LogP contribution is 2.38.